The minimum atomic E-state index is 0.541. The molecule has 7 nitrogen and oxygen atoms in total. The van der Waals surface area contributed by atoms with Crippen LogP contribution in [0.15, 0.2) is 53.5 Å². The Labute approximate surface area is 171 Å². The third-order valence-electron chi connectivity index (χ3n) is 4.72. The summed E-state index contributed by atoms with van der Waals surface area (Å²) < 4.78 is 7.19. The minimum Gasteiger partial charge on any atom is -0.497 e. The SMILES string of the molecule is COc1ccc(CNC(=NCc2cccc(C)c2)NCc2nnc(C)n2C)cc1. The zero-order chi connectivity index (χ0) is 20.6. The Hall–Kier alpha value is -3.35. The van der Waals surface area contributed by atoms with Gasteiger partial charge in [0.1, 0.15) is 11.6 Å². The first kappa shape index (κ1) is 20.4. The molecule has 1 aromatic heterocycles. The normalized spacial score (nSPS) is 11.4. The summed E-state index contributed by atoms with van der Waals surface area (Å²) in [6, 6.07) is 16.4. The summed E-state index contributed by atoms with van der Waals surface area (Å²) in [7, 11) is 3.63. The van der Waals surface area contributed by atoms with Crippen molar-refractivity contribution in [2.45, 2.75) is 33.5 Å². The fraction of sp³-hybridized carbons (Fsp3) is 0.318. The summed E-state index contributed by atoms with van der Waals surface area (Å²) in [6.45, 7) is 5.81. The lowest BCUT2D eigenvalue weighted by Crippen LogP contribution is -2.37. The lowest BCUT2D eigenvalue weighted by molar-refractivity contribution is 0.414. The number of hydrogen-bond acceptors (Lipinski definition) is 4. The second kappa shape index (κ2) is 9.73. The Bertz CT molecular complexity index is 962. The molecule has 2 aromatic carbocycles. The van der Waals surface area contributed by atoms with Gasteiger partial charge in [-0.25, -0.2) is 4.99 Å². The molecule has 0 amide bonds. The van der Waals surface area contributed by atoms with Crippen molar-refractivity contribution in [2.75, 3.05) is 7.11 Å². The van der Waals surface area contributed by atoms with E-state index < -0.39 is 0 Å². The molecule has 1 heterocycles. The van der Waals surface area contributed by atoms with E-state index in [1.165, 1.54) is 11.1 Å². The number of aryl methyl sites for hydroxylation is 2. The molecule has 2 N–H and O–H groups in total. The molecule has 0 saturated carbocycles. The predicted octanol–water partition coefficient (Wildman–Crippen LogP) is 2.88. The van der Waals surface area contributed by atoms with Gasteiger partial charge in [-0.15, -0.1) is 10.2 Å². The number of nitrogens with zero attached hydrogens (tertiary/aromatic N) is 4. The topological polar surface area (TPSA) is 76.4 Å². The van der Waals surface area contributed by atoms with E-state index in [2.05, 4.69) is 52.0 Å². The molecule has 0 aliphatic rings. The lowest BCUT2D eigenvalue weighted by Gasteiger charge is -2.13. The molecule has 0 fully saturated rings. The molecule has 0 saturated heterocycles. The van der Waals surface area contributed by atoms with Crippen molar-refractivity contribution in [1.29, 1.82) is 0 Å². The Morgan fingerprint density at radius 1 is 1.00 bits per heavy atom. The highest BCUT2D eigenvalue weighted by Crippen LogP contribution is 2.11. The van der Waals surface area contributed by atoms with E-state index in [0.29, 0.717) is 19.6 Å². The highest BCUT2D eigenvalue weighted by atomic mass is 16.5. The van der Waals surface area contributed by atoms with Crippen LogP contribution in [0.3, 0.4) is 0 Å². The first-order valence-corrected chi connectivity index (χ1v) is 9.60. The average molecular weight is 393 g/mol. The highest BCUT2D eigenvalue weighted by Gasteiger charge is 2.07. The summed E-state index contributed by atoms with van der Waals surface area (Å²) in [6.07, 6.45) is 0. The first-order valence-electron chi connectivity index (χ1n) is 9.60. The Balaban J connectivity index is 1.68. The number of aromatic nitrogens is 3. The number of guanidine groups is 1. The van der Waals surface area contributed by atoms with Gasteiger partial charge in [0, 0.05) is 13.6 Å². The van der Waals surface area contributed by atoms with Crippen LogP contribution in [-0.2, 0) is 26.7 Å². The molecule has 3 rings (SSSR count). The fourth-order valence-corrected chi connectivity index (χ4v) is 2.85. The van der Waals surface area contributed by atoms with Gasteiger partial charge in [0.2, 0.25) is 0 Å². The van der Waals surface area contributed by atoms with E-state index in [4.69, 9.17) is 9.73 Å². The van der Waals surface area contributed by atoms with E-state index in [0.717, 1.165) is 28.9 Å². The van der Waals surface area contributed by atoms with E-state index in [1.807, 2.05) is 42.8 Å². The zero-order valence-electron chi connectivity index (χ0n) is 17.4. The number of benzene rings is 2. The van der Waals surface area contributed by atoms with Crippen LogP contribution in [0.2, 0.25) is 0 Å². The number of rotatable bonds is 7. The molecule has 0 unspecified atom stereocenters. The summed E-state index contributed by atoms with van der Waals surface area (Å²) in [5, 5.41) is 15.1. The van der Waals surface area contributed by atoms with Gasteiger partial charge in [0.25, 0.3) is 0 Å². The Morgan fingerprint density at radius 3 is 2.41 bits per heavy atom. The monoisotopic (exact) mass is 392 g/mol. The van der Waals surface area contributed by atoms with Crippen LogP contribution in [0.1, 0.15) is 28.3 Å². The van der Waals surface area contributed by atoms with Crippen LogP contribution in [0.4, 0.5) is 0 Å². The molecule has 0 aliphatic carbocycles. The largest absolute Gasteiger partial charge is 0.497 e. The van der Waals surface area contributed by atoms with Gasteiger partial charge in [-0.05, 0) is 37.1 Å². The van der Waals surface area contributed by atoms with E-state index >= 15 is 0 Å². The second-order valence-electron chi connectivity index (χ2n) is 6.93. The second-order valence-corrected chi connectivity index (χ2v) is 6.93. The van der Waals surface area contributed by atoms with Crippen LogP contribution >= 0.6 is 0 Å². The summed E-state index contributed by atoms with van der Waals surface area (Å²) in [5.41, 5.74) is 3.54. The minimum absolute atomic E-state index is 0.541. The molecular weight excluding hydrogens is 364 g/mol. The van der Waals surface area contributed by atoms with Gasteiger partial charge < -0.3 is 19.9 Å². The van der Waals surface area contributed by atoms with Crippen molar-refractivity contribution in [3.05, 3.63) is 76.9 Å². The van der Waals surface area contributed by atoms with Crippen LogP contribution in [0.25, 0.3) is 0 Å². The number of aliphatic imine (C=N–C) groups is 1. The van der Waals surface area contributed by atoms with E-state index in [-0.39, 0.29) is 0 Å². The molecule has 0 spiro atoms. The van der Waals surface area contributed by atoms with Crippen molar-refractivity contribution >= 4 is 5.96 Å². The predicted molar refractivity (Wildman–Crippen MR) is 115 cm³/mol. The summed E-state index contributed by atoms with van der Waals surface area (Å²) in [4.78, 5) is 4.75. The molecule has 0 atom stereocenters. The van der Waals surface area contributed by atoms with Crippen LogP contribution in [-0.4, -0.2) is 27.8 Å². The molecule has 152 valence electrons. The molecule has 0 aliphatic heterocycles. The maximum Gasteiger partial charge on any atom is 0.192 e. The lowest BCUT2D eigenvalue weighted by atomic mass is 10.1. The molecule has 7 heteroatoms. The van der Waals surface area contributed by atoms with Gasteiger partial charge >= 0.3 is 0 Å². The molecule has 29 heavy (non-hydrogen) atoms. The van der Waals surface area contributed by atoms with Crippen molar-refractivity contribution in [2.24, 2.45) is 12.0 Å². The fourth-order valence-electron chi connectivity index (χ4n) is 2.85. The Kier molecular flexibility index (Phi) is 6.84. The van der Waals surface area contributed by atoms with Crippen molar-refractivity contribution < 1.29 is 4.74 Å². The number of methoxy groups -OCH3 is 1. The standard InChI is InChI=1S/C22H28N6O/c1-16-6-5-7-19(12-16)14-24-22(25-15-21-27-26-17(2)28(21)3)23-13-18-8-10-20(29-4)11-9-18/h5-12H,13-15H2,1-4H3,(H2,23,24,25). The number of hydrogen-bond donors (Lipinski definition) is 2. The number of ether oxygens (including phenoxy) is 1. The van der Waals surface area contributed by atoms with Crippen molar-refractivity contribution in [3.8, 4) is 5.75 Å². The van der Waals surface area contributed by atoms with Gasteiger partial charge in [0.05, 0.1) is 20.2 Å². The summed E-state index contributed by atoms with van der Waals surface area (Å²) >= 11 is 0. The smallest absolute Gasteiger partial charge is 0.192 e. The van der Waals surface area contributed by atoms with Gasteiger partial charge in [-0.1, -0.05) is 42.0 Å². The maximum atomic E-state index is 5.22. The average Bonchev–Trinajstić information content (AvgIpc) is 3.06. The molecular formula is C22H28N6O. The Morgan fingerprint density at radius 2 is 1.76 bits per heavy atom. The first-order chi connectivity index (χ1) is 14.0. The maximum absolute atomic E-state index is 5.22. The molecule has 0 bridgehead atoms. The van der Waals surface area contributed by atoms with Crippen LogP contribution in [0.5, 0.6) is 5.75 Å². The van der Waals surface area contributed by atoms with Gasteiger partial charge in [-0.2, -0.15) is 0 Å². The van der Waals surface area contributed by atoms with Crippen molar-refractivity contribution in [1.82, 2.24) is 25.4 Å². The highest BCUT2D eigenvalue weighted by molar-refractivity contribution is 5.79. The summed E-state index contributed by atoms with van der Waals surface area (Å²) in [5.74, 6) is 3.31. The third kappa shape index (κ3) is 5.81. The molecule has 3 aromatic rings. The van der Waals surface area contributed by atoms with Crippen LogP contribution in [0, 0.1) is 13.8 Å². The quantitative estimate of drug-likeness (QED) is 0.478. The van der Waals surface area contributed by atoms with Crippen LogP contribution < -0.4 is 15.4 Å². The number of nitrogens with one attached hydrogen (secondary N) is 2. The zero-order valence-corrected chi connectivity index (χ0v) is 17.4. The van der Waals surface area contributed by atoms with E-state index in [1.54, 1.807) is 7.11 Å². The third-order valence-corrected chi connectivity index (χ3v) is 4.72. The van der Waals surface area contributed by atoms with Gasteiger partial charge in [0.15, 0.2) is 11.8 Å². The van der Waals surface area contributed by atoms with Crippen molar-refractivity contribution in [3.63, 3.8) is 0 Å². The molecule has 0 radical (unpaired) electrons. The van der Waals surface area contributed by atoms with Gasteiger partial charge in [-0.3, -0.25) is 0 Å². The van der Waals surface area contributed by atoms with E-state index in [9.17, 15) is 0 Å².